The number of thiocarbonyl (C=S) groups is 1. The molecule has 2 aromatic rings. The quantitative estimate of drug-likeness (QED) is 0.851. The number of fused-ring (bicyclic) bond motifs is 1. The summed E-state index contributed by atoms with van der Waals surface area (Å²) in [7, 11) is 0. The predicted molar refractivity (Wildman–Crippen MR) is 82.8 cm³/mol. The van der Waals surface area contributed by atoms with E-state index in [4.69, 9.17) is 27.4 Å². The summed E-state index contributed by atoms with van der Waals surface area (Å²) in [6.45, 7) is 0.171. The fraction of sp³-hybridized carbons (Fsp3) is 0.0667. The molecule has 6 heteroatoms. The third-order valence-corrected chi connectivity index (χ3v) is 3.30. The van der Waals surface area contributed by atoms with Crippen molar-refractivity contribution >= 4 is 28.8 Å². The molecular weight excluding hydrogens is 288 g/mol. The van der Waals surface area contributed by atoms with Crippen LogP contribution >= 0.6 is 12.2 Å². The van der Waals surface area contributed by atoms with Crippen molar-refractivity contribution in [2.24, 2.45) is 5.73 Å². The van der Waals surface area contributed by atoms with Gasteiger partial charge in [-0.1, -0.05) is 24.4 Å². The summed E-state index contributed by atoms with van der Waals surface area (Å²) >= 11 is 4.97. The molecule has 1 heterocycles. The van der Waals surface area contributed by atoms with Crippen LogP contribution in [0.2, 0.25) is 0 Å². The maximum absolute atomic E-state index is 12.3. The molecule has 0 spiro atoms. The number of nitrogens with one attached hydrogen (secondary N) is 1. The lowest BCUT2D eigenvalue weighted by molar-refractivity contribution is 0.102. The van der Waals surface area contributed by atoms with E-state index in [-0.39, 0.29) is 17.7 Å². The number of carbonyl (C=O) groups is 1. The van der Waals surface area contributed by atoms with Crippen LogP contribution in [0, 0.1) is 0 Å². The Morgan fingerprint density at radius 1 is 1.14 bits per heavy atom. The summed E-state index contributed by atoms with van der Waals surface area (Å²) in [6, 6.07) is 12.1. The molecule has 106 valence electrons. The molecule has 0 radical (unpaired) electrons. The Labute approximate surface area is 126 Å². The molecule has 1 aliphatic heterocycles. The minimum absolute atomic E-state index is 0.171. The van der Waals surface area contributed by atoms with Crippen molar-refractivity contribution in [2.45, 2.75) is 0 Å². The Morgan fingerprint density at radius 3 is 2.71 bits per heavy atom. The second-order valence-electron chi connectivity index (χ2n) is 4.43. The molecule has 2 aromatic carbocycles. The van der Waals surface area contributed by atoms with Crippen molar-refractivity contribution in [1.82, 2.24) is 0 Å². The first-order valence-corrected chi connectivity index (χ1v) is 6.66. The Balaban J connectivity index is 1.85. The average molecular weight is 300 g/mol. The van der Waals surface area contributed by atoms with Gasteiger partial charge in [0, 0.05) is 11.1 Å². The molecule has 0 fully saturated rings. The topological polar surface area (TPSA) is 73.6 Å². The van der Waals surface area contributed by atoms with Crippen LogP contribution in [0.1, 0.15) is 15.9 Å². The Hall–Kier alpha value is -2.60. The van der Waals surface area contributed by atoms with Crippen molar-refractivity contribution < 1.29 is 14.3 Å². The molecule has 21 heavy (non-hydrogen) atoms. The van der Waals surface area contributed by atoms with Gasteiger partial charge in [-0.2, -0.15) is 0 Å². The third kappa shape index (κ3) is 2.66. The molecular formula is C15H12N2O3S. The molecule has 1 aliphatic rings. The van der Waals surface area contributed by atoms with Crippen LogP contribution in [-0.2, 0) is 0 Å². The largest absolute Gasteiger partial charge is 0.454 e. The van der Waals surface area contributed by atoms with Crippen molar-refractivity contribution in [3.05, 3.63) is 53.6 Å². The summed E-state index contributed by atoms with van der Waals surface area (Å²) in [5.41, 5.74) is 7.32. The molecule has 0 saturated heterocycles. The minimum Gasteiger partial charge on any atom is -0.454 e. The van der Waals surface area contributed by atoms with Gasteiger partial charge in [-0.3, -0.25) is 4.79 Å². The predicted octanol–water partition coefficient (Wildman–Crippen LogP) is 2.30. The van der Waals surface area contributed by atoms with Gasteiger partial charge in [-0.05, 0) is 30.3 Å². The van der Waals surface area contributed by atoms with Gasteiger partial charge in [0.25, 0.3) is 5.91 Å². The number of rotatable bonds is 3. The fourth-order valence-corrected chi connectivity index (χ4v) is 2.22. The van der Waals surface area contributed by atoms with Gasteiger partial charge in [0.1, 0.15) is 4.99 Å². The van der Waals surface area contributed by atoms with E-state index >= 15 is 0 Å². The molecule has 0 bridgehead atoms. The van der Waals surface area contributed by atoms with Gasteiger partial charge in [0.2, 0.25) is 6.79 Å². The van der Waals surface area contributed by atoms with Gasteiger partial charge >= 0.3 is 0 Å². The minimum atomic E-state index is -0.267. The molecule has 0 aromatic heterocycles. The van der Waals surface area contributed by atoms with Crippen LogP contribution in [0.25, 0.3) is 0 Å². The average Bonchev–Trinajstić information content (AvgIpc) is 2.94. The summed E-state index contributed by atoms with van der Waals surface area (Å²) in [5, 5.41) is 2.80. The number of para-hydroxylation sites is 1. The summed E-state index contributed by atoms with van der Waals surface area (Å²) in [4.78, 5) is 12.5. The Morgan fingerprint density at radius 2 is 1.90 bits per heavy atom. The first-order chi connectivity index (χ1) is 10.1. The van der Waals surface area contributed by atoms with E-state index in [9.17, 15) is 4.79 Å². The SMILES string of the molecule is NC(=S)c1ccccc1NC(=O)c1ccc2c(c1)OCO2. The first kappa shape index (κ1) is 13.4. The van der Waals surface area contributed by atoms with E-state index in [0.29, 0.717) is 28.3 Å². The normalized spacial score (nSPS) is 12.0. The highest BCUT2D eigenvalue weighted by molar-refractivity contribution is 7.80. The van der Waals surface area contributed by atoms with Gasteiger partial charge in [-0.15, -0.1) is 0 Å². The highest BCUT2D eigenvalue weighted by Crippen LogP contribution is 2.32. The highest BCUT2D eigenvalue weighted by Gasteiger charge is 2.17. The lowest BCUT2D eigenvalue weighted by Gasteiger charge is -2.10. The second-order valence-corrected chi connectivity index (χ2v) is 4.87. The van der Waals surface area contributed by atoms with Crippen molar-refractivity contribution in [3.8, 4) is 11.5 Å². The summed E-state index contributed by atoms with van der Waals surface area (Å²) in [5.74, 6) is 0.928. The number of hydrogen-bond donors (Lipinski definition) is 2. The first-order valence-electron chi connectivity index (χ1n) is 6.25. The number of nitrogens with two attached hydrogens (primary N) is 1. The number of amides is 1. The molecule has 0 unspecified atom stereocenters. The number of anilines is 1. The van der Waals surface area contributed by atoms with Crippen LogP contribution in [0.4, 0.5) is 5.69 Å². The monoisotopic (exact) mass is 300 g/mol. The second kappa shape index (κ2) is 5.41. The number of benzene rings is 2. The molecule has 0 aliphatic carbocycles. The third-order valence-electron chi connectivity index (χ3n) is 3.08. The smallest absolute Gasteiger partial charge is 0.255 e. The van der Waals surface area contributed by atoms with Gasteiger partial charge in [-0.25, -0.2) is 0 Å². The zero-order valence-electron chi connectivity index (χ0n) is 11.0. The highest BCUT2D eigenvalue weighted by atomic mass is 32.1. The lowest BCUT2D eigenvalue weighted by atomic mass is 10.1. The van der Waals surface area contributed by atoms with Crippen LogP contribution in [0.3, 0.4) is 0 Å². The van der Waals surface area contributed by atoms with Crippen molar-refractivity contribution in [1.29, 1.82) is 0 Å². The van der Waals surface area contributed by atoms with Gasteiger partial charge < -0.3 is 20.5 Å². The summed E-state index contributed by atoms with van der Waals surface area (Å²) in [6.07, 6.45) is 0. The zero-order valence-corrected chi connectivity index (χ0v) is 11.8. The maximum atomic E-state index is 12.3. The molecule has 3 rings (SSSR count). The van der Waals surface area contributed by atoms with Crippen LogP contribution in [0.15, 0.2) is 42.5 Å². The molecule has 0 atom stereocenters. The Bertz CT molecular complexity index is 731. The standard InChI is InChI=1S/C15H12N2O3S/c16-14(21)10-3-1-2-4-11(10)17-15(18)9-5-6-12-13(7-9)20-8-19-12/h1-7H,8H2,(H2,16,21)(H,17,18). The molecule has 0 saturated carbocycles. The number of ether oxygens (including phenoxy) is 2. The number of carbonyl (C=O) groups excluding carboxylic acids is 1. The van der Waals surface area contributed by atoms with Gasteiger partial charge in [0.05, 0.1) is 5.69 Å². The maximum Gasteiger partial charge on any atom is 0.255 e. The van der Waals surface area contributed by atoms with E-state index < -0.39 is 0 Å². The van der Waals surface area contributed by atoms with E-state index in [1.165, 1.54) is 0 Å². The van der Waals surface area contributed by atoms with Gasteiger partial charge in [0.15, 0.2) is 11.5 Å². The van der Waals surface area contributed by atoms with E-state index in [1.54, 1.807) is 36.4 Å². The molecule has 1 amide bonds. The molecule has 5 nitrogen and oxygen atoms in total. The zero-order chi connectivity index (χ0) is 14.8. The molecule has 3 N–H and O–H groups in total. The van der Waals surface area contributed by atoms with E-state index in [1.807, 2.05) is 6.07 Å². The van der Waals surface area contributed by atoms with Crippen LogP contribution < -0.4 is 20.5 Å². The van der Waals surface area contributed by atoms with Crippen molar-refractivity contribution in [3.63, 3.8) is 0 Å². The fourth-order valence-electron chi connectivity index (χ4n) is 2.04. The lowest BCUT2D eigenvalue weighted by Crippen LogP contribution is -2.17. The van der Waals surface area contributed by atoms with E-state index in [2.05, 4.69) is 5.32 Å². The van der Waals surface area contributed by atoms with E-state index in [0.717, 1.165) is 0 Å². The summed E-state index contributed by atoms with van der Waals surface area (Å²) < 4.78 is 10.5. The number of hydrogen-bond acceptors (Lipinski definition) is 4. The van der Waals surface area contributed by atoms with Crippen LogP contribution in [-0.4, -0.2) is 17.7 Å². The van der Waals surface area contributed by atoms with Crippen LogP contribution in [0.5, 0.6) is 11.5 Å². The Kier molecular flexibility index (Phi) is 3.45. The van der Waals surface area contributed by atoms with Crippen molar-refractivity contribution in [2.75, 3.05) is 12.1 Å².